The lowest BCUT2D eigenvalue weighted by Gasteiger charge is -2.08. The van der Waals surface area contributed by atoms with Crippen LogP contribution in [0.5, 0.6) is 5.75 Å². The lowest BCUT2D eigenvalue weighted by atomic mass is 10.2. The standard InChI is InChI=1S/C17H20INO/c1-2-11-19-12-14-5-9-17(10-6-14)20-13-15-3-7-16(18)8-4-15/h3-10,19H,2,11-13H2,1H3. The van der Waals surface area contributed by atoms with E-state index < -0.39 is 0 Å². The topological polar surface area (TPSA) is 21.3 Å². The van der Waals surface area contributed by atoms with Crippen molar-refractivity contribution in [3.63, 3.8) is 0 Å². The SMILES string of the molecule is CCCNCc1ccc(OCc2ccc(I)cc2)cc1. The zero-order chi connectivity index (χ0) is 14.2. The second-order valence-corrected chi connectivity index (χ2v) is 5.98. The third kappa shape index (κ3) is 5.13. The average molecular weight is 381 g/mol. The van der Waals surface area contributed by atoms with Gasteiger partial charge in [0.15, 0.2) is 0 Å². The quantitative estimate of drug-likeness (QED) is 0.568. The highest BCUT2D eigenvalue weighted by atomic mass is 127. The average Bonchev–Trinajstić information content (AvgIpc) is 2.48. The number of ether oxygens (including phenoxy) is 1. The molecule has 2 rings (SSSR count). The smallest absolute Gasteiger partial charge is 0.119 e. The molecule has 3 heteroatoms. The van der Waals surface area contributed by atoms with Gasteiger partial charge in [0.05, 0.1) is 0 Å². The molecular weight excluding hydrogens is 361 g/mol. The van der Waals surface area contributed by atoms with Gasteiger partial charge < -0.3 is 10.1 Å². The first-order valence-electron chi connectivity index (χ1n) is 6.95. The maximum absolute atomic E-state index is 5.79. The van der Waals surface area contributed by atoms with Gasteiger partial charge in [-0.05, 0) is 70.9 Å². The predicted molar refractivity (Wildman–Crippen MR) is 91.9 cm³/mol. The van der Waals surface area contributed by atoms with Gasteiger partial charge >= 0.3 is 0 Å². The minimum atomic E-state index is 0.615. The van der Waals surface area contributed by atoms with Crippen LogP contribution in [0, 0.1) is 3.57 Å². The van der Waals surface area contributed by atoms with Crippen molar-refractivity contribution in [1.29, 1.82) is 0 Å². The molecular formula is C17H20INO. The largest absolute Gasteiger partial charge is 0.489 e. The molecule has 0 fully saturated rings. The minimum absolute atomic E-state index is 0.615. The fraction of sp³-hybridized carbons (Fsp3) is 0.294. The first kappa shape index (κ1) is 15.3. The van der Waals surface area contributed by atoms with Gasteiger partial charge in [-0.1, -0.05) is 31.2 Å². The summed E-state index contributed by atoms with van der Waals surface area (Å²) in [5.74, 6) is 0.919. The van der Waals surface area contributed by atoms with Gasteiger partial charge in [-0.15, -0.1) is 0 Å². The number of nitrogens with one attached hydrogen (secondary N) is 1. The lowest BCUT2D eigenvalue weighted by Crippen LogP contribution is -2.13. The Morgan fingerprint density at radius 1 is 0.950 bits per heavy atom. The Bertz CT molecular complexity index is 508. The summed E-state index contributed by atoms with van der Waals surface area (Å²) in [6, 6.07) is 16.7. The van der Waals surface area contributed by atoms with Crippen molar-refractivity contribution in [2.24, 2.45) is 0 Å². The van der Waals surface area contributed by atoms with Gasteiger partial charge in [0.1, 0.15) is 12.4 Å². The third-order valence-corrected chi connectivity index (χ3v) is 3.72. The molecule has 0 aliphatic heterocycles. The molecule has 0 radical (unpaired) electrons. The molecule has 0 saturated carbocycles. The van der Waals surface area contributed by atoms with Crippen LogP contribution in [0.1, 0.15) is 24.5 Å². The number of benzene rings is 2. The molecule has 106 valence electrons. The van der Waals surface area contributed by atoms with E-state index in [-0.39, 0.29) is 0 Å². The summed E-state index contributed by atoms with van der Waals surface area (Å²) in [6.07, 6.45) is 1.16. The molecule has 0 bridgehead atoms. The molecule has 1 N–H and O–H groups in total. The van der Waals surface area contributed by atoms with Gasteiger partial charge in [-0.2, -0.15) is 0 Å². The van der Waals surface area contributed by atoms with E-state index in [0.29, 0.717) is 6.61 Å². The molecule has 2 nitrogen and oxygen atoms in total. The van der Waals surface area contributed by atoms with E-state index >= 15 is 0 Å². The van der Waals surface area contributed by atoms with Gasteiger partial charge in [-0.25, -0.2) is 0 Å². The van der Waals surface area contributed by atoms with E-state index in [4.69, 9.17) is 4.74 Å². The van der Waals surface area contributed by atoms with Crippen molar-refractivity contribution in [2.75, 3.05) is 6.54 Å². The fourth-order valence-corrected chi connectivity index (χ4v) is 2.22. The predicted octanol–water partition coefficient (Wildman–Crippen LogP) is 4.37. The number of rotatable bonds is 7. The highest BCUT2D eigenvalue weighted by Crippen LogP contribution is 2.15. The summed E-state index contributed by atoms with van der Waals surface area (Å²) in [6.45, 7) is 4.77. The number of hydrogen-bond donors (Lipinski definition) is 1. The zero-order valence-corrected chi connectivity index (χ0v) is 13.9. The molecule has 0 heterocycles. The summed E-state index contributed by atoms with van der Waals surface area (Å²) in [7, 11) is 0. The summed E-state index contributed by atoms with van der Waals surface area (Å²) < 4.78 is 7.04. The monoisotopic (exact) mass is 381 g/mol. The van der Waals surface area contributed by atoms with Crippen molar-refractivity contribution in [2.45, 2.75) is 26.5 Å². The van der Waals surface area contributed by atoms with E-state index in [0.717, 1.165) is 25.3 Å². The van der Waals surface area contributed by atoms with Crippen molar-refractivity contribution < 1.29 is 4.74 Å². The second-order valence-electron chi connectivity index (χ2n) is 4.74. The van der Waals surface area contributed by atoms with E-state index in [1.165, 1.54) is 14.7 Å². The molecule has 0 aliphatic carbocycles. The normalized spacial score (nSPS) is 10.5. The van der Waals surface area contributed by atoms with Crippen LogP contribution in [0.2, 0.25) is 0 Å². The Morgan fingerprint density at radius 2 is 1.60 bits per heavy atom. The Balaban J connectivity index is 1.82. The van der Waals surface area contributed by atoms with Crippen molar-refractivity contribution in [1.82, 2.24) is 5.32 Å². The maximum atomic E-state index is 5.79. The first-order valence-corrected chi connectivity index (χ1v) is 8.02. The highest BCUT2D eigenvalue weighted by Gasteiger charge is 1.97. The third-order valence-electron chi connectivity index (χ3n) is 3.00. The Hall–Kier alpha value is -1.07. The van der Waals surface area contributed by atoms with E-state index in [2.05, 4.69) is 71.2 Å². The Morgan fingerprint density at radius 3 is 2.25 bits per heavy atom. The van der Waals surface area contributed by atoms with Crippen LogP contribution in [-0.2, 0) is 13.2 Å². The van der Waals surface area contributed by atoms with Gasteiger partial charge in [0.2, 0.25) is 0 Å². The van der Waals surface area contributed by atoms with Crippen molar-refractivity contribution in [3.05, 3.63) is 63.2 Å². The zero-order valence-electron chi connectivity index (χ0n) is 11.7. The Kier molecular flexibility index (Phi) is 6.33. The lowest BCUT2D eigenvalue weighted by molar-refractivity contribution is 0.306. The molecule has 0 saturated heterocycles. The van der Waals surface area contributed by atoms with Crippen LogP contribution in [0.15, 0.2) is 48.5 Å². The summed E-state index contributed by atoms with van der Waals surface area (Å²) >= 11 is 2.31. The molecule has 0 aliphatic rings. The van der Waals surface area contributed by atoms with Crippen LogP contribution >= 0.6 is 22.6 Å². The van der Waals surface area contributed by atoms with Crippen LogP contribution in [0.25, 0.3) is 0 Å². The van der Waals surface area contributed by atoms with Crippen LogP contribution in [0.3, 0.4) is 0 Å². The molecule has 0 aromatic heterocycles. The molecule has 20 heavy (non-hydrogen) atoms. The molecule has 2 aromatic rings. The van der Waals surface area contributed by atoms with Crippen LogP contribution in [-0.4, -0.2) is 6.54 Å². The van der Waals surface area contributed by atoms with E-state index in [1.54, 1.807) is 0 Å². The highest BCUT2D eigenvalue weighted by molar-refractivity contribution is 14.1. The summed E-state index contributed by atoms with van der Waals surface area (Å²) in [4.78, 5) is 0. The van der Waals surface area contributed by atoms with E-state index in [9.17, 15) is 0 Å². The van der Waals surface area contributed by atoms with Crippen LogP contribution in [0.4, 0.5) is 0 Å². The molecule has 2 aromatic carbocycles. The van der Waals surface area contributed by atoms with Crippen LogP contribution < -0.4 is 10.1 Å². The summed E-state index contributed by atoms with van der Waals surface area (Å²) in [5.41, 5.74) is 2.49. The number of halogens is 1. The first-order chi connectivity index (χ1) is 9.78. The van der Waals surface area contributed by atoms with Gasteiger partial charge in [-0.3, -0.25) is 0 Å². The fourth-order valence-electron chi connectivity index (χ4n) is 1.86. The van der Waals surface area contributed by atoms with Crippen molar-refractivity contribution in [3.8, 4) is 5.75 Å². The van der Waals surface area contributed by atoms with Gasteiger partial charge in [0.25, 0.3) is 0 Å². The molecule has 0 atom stereocenters. The molecule has 0 amide bonds. The Labute approximate surface area is 134 Å². The van der Waals surface area contributed by atoms with Gasteiger partial charge in [0, 0.05) is 10.1 Å². The molecule has 0 unspecified atom stereocenters. The summed E-state index contributed by atoms with van der Waals surface area (Å²) in [5, 5.41) is 3.39. The number of hydrogen-bond acceptors (Lipinski definition) is 2. The van der Waals surface area contributed by atoms with Crippen molar-refractivity contribution >= 4 is 22.6 Å². The second kappa shape index (κ2) is 8.27. The minimum Gasteiger partial charge on any atom is -0.489 e. The maximum Gasteiger partial charge on any atom is 0.119 e. The molecule has 0 spiro atoms. The van der Waals surface area contributed by atoms with E-state index in [1.807, 2.05) is 12.1 Å².